The van der Waals surface area contributed by atoms with E-state index >= 15 is 0 Å². The molecule has 21 nitrogen and oxygen atoms in total. The molecule has 0 aliphatic carbocycles. The van der Waals surface area contributed by atoms with Gasteiger partial charge in [-0.2, -0.15) is 0 Å². The zero-order valence-electron chi connectivity index (χ0n) is 38.7. The van der Waals surface area contributed by atoms with E-state index in [1.54, 1.807) is 60.7 Å². The molecule has 1 fully saturated rings. The van der Waals surface area contributed by atoms with Gasteiger partial charge in [0.2, 0.25) is 41.4 Å². The van der Waals surface area contributed by atoms with Crippen molar-refractivity contribution in [3.63, 3.8) is 0 Å². The van der Waals surface area contributed by atoms with Gasteiger partial charge in [0.25, 0.3) is 0 Å². The van der Waals surface area contributed by atoms with Crippen LogP contribution >= 0.6 is 0 Å². The lowest BCUT2D eigenvalue weighted by Gasteiger charge is -2.31. The average Bonchev–Trinajstić information content (AvgIpc) is 3.82. The summed E-state index contributed by atoms with van der Waals surface area (Å²) in [5.41, 5.74) is 13.1. The predicted molar refractivity (Wildman–Crippen MR) is 251 cm³/mol. The van der Waals surface area contributed by atoms with E-state index < -0.39 is 108 Å². The van der Waals surface area contributed by atoms with Crippen LogP contribution in [0, 0.1) is 0 Å². The molecule has 0 saturated carbocycles. The van der Waals surface area contributed by atoms with Crippen molar-refractivity contribution in [2.75, 3.05) is 19.6 Å². The van der Waals surface area contributed by atoms with Gasteiger partial charge in [-0.25, -0.2) is 4.79 Å². The minimum Gasteiger partial charge on any atom is -0.508 e. The molecular weight excluding hydrogens is 895 g/mol. The van der Waals surface area contributed by atoms with Gasteiger partial charge in [-0.1, -0.05) is 72.8 Å². The number of carboxylic acid groups (broad SMARTS) is 1. The zero-order chi connectivity index (χ0) is 50.6. The molecule has 0 spiro atoms. The van der Waals surface area contributed by atoms with Crippen LogP contribution in [0.25, 0.3) is 0 Å². The number of carbonyl (C=O) groups excluding carboxylic acids is 7. The number of aromatic hydroxyl groups is 1. The van der Waals surface area contributed by atoms with Gasteiger partial charge in [-0.15, -0.1) is 0 Å². The Hall–Kier alpha value is -6.94. The molecule has 0 aromatic heterocycles. The fraction of sp³-hybridized carbons (Fsp3) is 0.458. The summed E-state index contributed by atoms with van der Waals surface area (Å²) in [6.07, 6.45) is -1.86. The number of carboxylic acids is 1. The first kappa shape index (κ1) is 54.7. The smallest absolute Gasteiger partial charge is 0.328 e. The van der Waals surface area contributed by atoms with E-state index in [9.17, 15) is 58.8 Å². The molecule has 21 heteroatoms. The van der Waals surface area contributed by atoms with Crippen LogP contribution in [0.5, 0.6) is 5.75 Å². The van der Waals surface area contributed by atoms with Crippen LogP contribution in [0.15, 0.2) is 84.9 Å². The van der Waals surface area contributed by atoms with Crippen LogP contribution in [0.1, 0.15) is 62.6 Å². The third-order valence-corrected chi connectivity index (χ3v) is 11.6. The van der Waals surface area contributed by atoms with Crippen LogP contribution in [-0.4, -0.2) is 147 Å². The fourth-order valence-corrected chi connectivity index (χ4v) is 7.81. The number of likely N-dealkylation sites (tertiary alicyclic amines) is 1. The quantitative estimate of drug-likeness (QED) is 0.0398. The first-order valence-corrected chi connectivity index (χ1v) is 22.9. The maximum Gasteiger partial charge on any atom is 0.328 e. The van der Waals surface area contributed by atoms with E-state index in [2.05, 4.69) is 31.9 Å². The summed E-state index contributed by atoms with van der Waals surface area (Å²) < 4.78 is 0. The standard InChI is InChI=1S/C48H65N9O12/c1-28(58)40(46(66)52-34(16-9-10-22-49)47(67)57-23-11-17-38(57)45(65)56-41(29(2)59)48(68)69)55-44(64)37(26-32-18-20-33(60)21-19-32)54-43(63)36(25-31-14-7-4-8-15-31)53-42(62)35(51-39(61)27-50)24-30-12-5-3-6-13-30/h3-8,12-15,18-21,28-29,34-38,40-41,58-60H,9-11,16-17,22-27,49-50H2,1-2H3,(H,51,61)(H,52,66)(H,53,62)(H,54,63)(H,55,64)(H,56,65)(H,68,69). The van der Waals surface area contributed by atoms with Gasteiger partial charge in [-0.3, -0.25) is 33.6 Å². The first-order valence-electron chi connectivity index (χ1n) is 22.9. The Labute approximate surface area is 400 Å². The second-order valence-electron chi connectivity index (χ2n) is 17.0. The first-order chi connectivity index (χ1) is 32.9. The van der Waals surface area contributed by atoms with Crippen LogP contribution in [0.2, 0.25) is 0 Å². The lowest BCUT2D eigenvalue weighted by Crippen LogP contribution is -2.62. The second-order valence-corrected chi connectivity index (χ2v) is 17.0. The van der Waals surface area contributed by atoms with Gasteiger partial charge in [0, 0.05) is 25.8 Å². The highest BCUT2D eigenvalue weighted by molar-refractivity contribution is 5.98. The molecule has 3 aromatic carbocycles. The summed E-state index contributed by atoms with van der Waals surface area (Å²) in [5, 5.41) is 55.8. The molecule has 4 rings (SSSR count). The van der Waals surface area contributed by atoms with E-state index in [0.29, 0.717) is 36.0 Å². The molecule has 1 heterocycles. The lowest BCUT2D eigenvalue weighted by molar-refractivity contribution is -0.147. The van der Waals surface area contributed by atoms with Gasteiger partial charge in [-0.05, 0) is 81.3 Å². The van der Waals surface area contributed by atoms with Crippen molar-refractivity contribution in [1.82, 2.24) is 36.8 Å². The second kappa shape index (κ2) is 27.2. The number of benzene rings is 3. The molecule has 0 radical (unpaired) electrons. The van der Waals surface area contributed by atoms with Gasteiger partial charge in [0.05, 0.1) is 18.8 Å². The van der Waals surface area contributed by atoms with Crippen molar-refractivity contribution < 1.29 is 58.8 Å². The number of nitrogens with zero attached hydrogens (tertiary/aromatic N) is 1. The average molecular weight is 960 g/mol. The van der Waals surface area contributed by atoms with Gasteiger partial charge in [0.15, 0.2) is 6.04 Å². The maximum absolute atomic E-state index is 14.4. The van der Waals surface area contributed by atoms with Crippen molar-refractivity contribution in [2.24, 2.45) is 11.5 Å². The van der Waals surface area contributed by atoms with Crippen molar-refractivity contribution in [3.05, 3.63) is 102 Å². The molecule has 1 aliphatic heterocycles. The monoisotopic (exact) mass is 959 g/mol. The molecule has 14 N–H and O–H groups in total. The van der Waals surface area contributed by atoms with E-state index in [0.717, 1.165) is 0 Å². The molecule has 69 heavy (non-hydrogen) atoms. The Kier molecular flexibility index (Phi) is 21.5. The van der Waals surface area contributed by atoms with Crippen LogP contribution in [-0.2, 0) is 57.6 Å². The highest BCUT2D eigenvalue weighted by Gasteiger charge is 2.41. The number of amides is 7. The third-order valence-electron chi connectivity index (χ3n) is 11.6. The number of phenols is 1. The molecule has 9 atom stereocenters. The van der Waals surface area contributed by atoms with Gasteiger partial charge < -0.3 is 68.7 Å². The summed E-state index contributed by atoms with van der Waals surface area (Å²) >= 11 is 0. The van der Waals surface area contributed by atoms with Crippen molar-refractivity contribution in [2.45, 2.75) is 120 Å². The van der Waals surface area contributed by atoms with Crippen LogP contribution in [0.3, 0.4) is 0 Å². The van der Waals surface area contributed by atoms with Crippen molar-refractivity contribution in [3.8, 4) is 5.75 Å². The highest BCUT2D eigenvalue weighted by atomic mass is 16.4. The fourth-order valence-electron chi connectivity index (χ4n) is 7.81. The normalized spacial score (nSPS) is 16.8. The molecule has 7 amide bonds. The number of phenolic OH excluding ortho intramolecular Hbond substituents is 1. The van der Waals surface area contributed by atoms with Gasteiger partial charge >= 0.3 is 5.97 Å². The lowest BCUT2D eigenvalue weighted by atomic mass is 10.0. The van der Waals surface area contributed by atoms with Crippen molar-refractivity contribution in [1.29, 1.82) is 0 Å². The molecule has 0 bridgehead atoms. The van der Waals surface area contributed by atoms with Crippen LogP contribution in [0.4, 0.5) is 0 Å². The minimum absolute atomic E-state index is 0.0364. The molecule has 1 aliphatic rings. The Morgan fingerprint density at radius 2 is 1.09 bits per heavy atom. The summed E-state index contributed by atoms with van der Waals surface area (Å²) in [4.78, 5) is 110. The van der Waals surface area contributed by atoms with E-state index in [1.807, 2.05) is 0 Å². The third kappa shape index (κ3) is 17.0. The number of carbonyl (C=O) groups is 8. The van der Waals surface area contributed by atoms with E-state index in [1.165, 1.54) is 43.0 Å². The van der Waals surface area contributed by atoms with E-state index in [4.69, 9.17) is 11.5 Å². The number of unbranched alkanes of at least 4 members (excludes halogenated alkanes) is 1. The summed E-state index contributed by atoms with van der Waals surface area (Å²) in [7, 11) is 0. The summed E-state index contributed by atoms with van der Waals surface area (Å²) in [6.45, 7) is 2.36. The summed E-state index contributed by atoms with van der Waals surface area (Å²) in [5.74, 6) is -7.15. The van der Waals surface area contributed by atoms with Crippen molar-refractivity contribution >= 4 is 47.3 Å². The molecule has 3 aromatic rings. The predicted octanol–water partition coefficient (Wildman–Crippen LogP) is -1.75. The largest absolute Gasteiger partial charge is 0.508 e. The van der Waals surface area contributed by atoms with Crippen LogP contribution < -0.4 is 43.4 Å². The molecule has 9 unspecified atom stereocenters. The number of hydrogen-bond donors (Lipinski definition) is 12. The molecule has 374 valence electrons. The number of rotatable bonds is 26. The summed E-state index contributed by atoms with van der Waals surface area (Å²) in [6, 6.07) is 13.6. The highest BCUT2D eigenvalue weighted by Crippen LogP contribution is 2.21. The Morgan fingerprint density at radius 3 is 1.57 bits per heavy atom. The Bertz CT molecular complexity index is 2200. The molecular formula is C48H65N9O12. The number of nitrogens with two attached hydrogens (primary N) is 2. The Balaban J connectivity index is 1.61. The molecule has 1 saturated heterocycles. The minimum atomic E-state index is -1.72. The number of aliphatic carboxylic acids is 1. The topological polar surface area (TPSA) is 345 Å². The van der Waals surface area contributed by atoms with Gasteiger partial charge in [0.1, 0.15) is 42.0 Å². The number of aliphatic hydroxyl groups is 2. The number of aliphatic hydroxyl groups excluding tert-OH is 2. The zero-order valence-corrected chi connectivity index (χ0v) is 38.7. The SMILES string of the molecule is CC(O)C(NC(=O)C1CCCN1C(=O)C(CCCCN)NC(=O)C(NC(=O)C(Cc1ccc(O)cc1)NC(=O)C(Cc1ccccc1)NC(=O)C(Cc1ccccc1)NC(=O)CN)C(C)O)C(=O)O. The number of nitrogens with one attached hydrogen (secondary N) is 6. The number of hydrogen-bond acceptors (Lipinski definition) is 13. The maximum atomic E-state index is 14.4. The Morgan fingerprint density at radius 1 is 0.609 bits per heavy atom. The van der Waals surface area contributed by atoms with E-state index in [-0.39, 0.29) is 50.9 Å².